The number of phenols is 1. The lowest BCUT2D eigenvalue weighted by Crippen LogP contribution is -2.48. The van der Waals surface area contributed by atoms with Crippen molar-refractivity contribution < 1.29 is 14.2 Å². The van der Waals surface area contributed by atoms with Gasteiger partial charge in [-0.25, -0.2) is 4.39 Å². The molecule has 0 amide bonds. The molecule has 0 bridgehead atoms. The van der Waals surface area contributed by atoms with Gasteiger partial charge in [0.2, 0.25) is 0 Å². The number of ether oxygens (including phenoxy) is 1. The second-order valence-corrected chi connectivity index (χ2v) is 7.23. The SMILES string of the molecule is CCOc1cc(C(=S)N2CCN(c3ccc(F)cc3)CC2)cc(Br)c1O. The number of phenolic OH excluding ortho intramolecular Hbond substituents is 1. The van der Waals surface area contributed by atoms with Gasteiger partial charge in [0, 0.05) is 37.4 Å². The summed E-state index contributed by atoms with van der Waals surface area (Å²) in [5, 5.41) is 10.1. The Kier molecular flexibility index (Phi) is 5.98. The van der Waals surface area contributed by atoms with Crippen LogP contribution in [0.25, 0.3) is 0 Å². The molecular weight excluding hydrogens is 419 g/mol. The molecule has 0 spiro atoms. The van der Waals surface area contributed by atoms with E-state index in [9.17, 15) is 9.50 Å². The summed E-state index contributed by atoms with van der Waals surface area (Å²) in [6.45, 7) is 5.50. The molecule has 0 saturated carbocycles. The second-order valence-electron chi connectivity index (χ2n) is 5.99. The van der Waals surface area contributed by atoms with Gasteiger partial charge >= 0.3 is 0 Å². The van der Waals surface area contributed by atoms with Crippen molar-refractivity contribution in [1.82, 2.24) is 4.90 Å². The number of thiocarbonyl (C=S) groups is 1. The molecule has 0 aliphatic carbocycles. The van der Waals surface area contributed by atoms with E-state index < -0.39 is 0 Å². The number of nitrogens with zero attached hydrogens (tertiary/aromatic N) is 2. The fourth-order valence-corrected chi connectivity index (χ4v) is 3.71. The van der Waals surface area contributed by atoms with Crippen LogP contribution in [0.3, 0.4) is 0 Å². The highest BCUT2D eigenvalue weighted by Crippen LogP contribution is 2.36. The van der Waals surface area contributed by atoms with E-state index in [2.05, 4.69) is 25.7 Å². The van der Waals surface area contributed by atoms with Crippen molar-refractivity contribution in [2.24, 2.45) is 0 Å². The van der Waals surface area contributed by atoms with Gasteiger partial charge in [-0.15, -0.1) is 0 Å². The zero-order chi connectivity index (χ0) is 18.7. The Morgan fingerprint density at radius 1 is 1.19 bits per heavy atom. The van der Waals surface area contributed by atoms with Crippen LogP contribution in [0.15, 0.2) is 40.9 Å². The molecule has 0 atom stereocenters. The topological polar surface area (TPSA) is 35.9 Å². The minimum atomic E-state index is -0.225. The first-order valence-electron chi connectivity index (χ1n) is 8.44. The van der Waals surface area contributed by atoms with Crippen molar-refractivity contribution in [2.45, 2.75) is 6.92 Å². The van der Waals surface area contributed by atoms with Crippen LogP contribution in [0.2, 0.25) is 0 Å². The number of anilines is 1. The number of benzene rings is 2. The molecule has 1 N–H and O–H groups in total. The lowest BCUT2D eigenvalue weighted by atomic mass is 10.1. The predicted octanol–water partition coefficient (Wildman–Crippen LogP) is 4.19. The van der Waals surface area contributed by atoms with Gasteiger partial charge in [-0.05, 0) is 59.3 Å². The third kappa shape index (κ3) is 4.10. The van der Waals surface area contributed by atoms with E-state index in [1.165, 1.54) is 12.1 Å². The first-order valence-corrected chi connectivity index (χ1v) is 9.65. The molecule has 2 aromatic rings. The highest BCUT2D eigenvalue weighted by molar-refractivity contribution is 9.10. The Bertz CT molecular complexity index is 793. The average Bonchev–Trinajstić information content (AvgIpc) is 2.65. The molecule has 1 aliphatic rings. The van der Waals surface area contributed by atoms with Crippen LogP contribution < -0.4 is 9.64 Å². The monoisotopic (exact) mass is 438 g/mol. The van der Waals surface area contributed by atoms with Crippen molar-refractivity contribution >= 4 is 38.8 Å². The zero-order valence-corrected chi connectivity index (χ0v) is 16.8. The molecule has 0 radical (unpaired) electrons. The standard InChI is InChI=1S/C19H20BrFN2O2S/c1-2-25-17-12-13(11-16(20)18(17)24)19(26)23-9-7-22(8-10-23)15-5-3-14(21)4-6-15/h3-6,11-12,24H,2,7-10H2,1H3. The number of hydrogen-bond acceptors (Lipinski definition) is 4. The quantitative estimate of drug-likeness (QED) is 0.724. The Morgan fingerprint density at radius 3 is 2.46 bits per heavy atom. The Hall–Kier alpha value is -1.86. The smallest absolute Gasteiger partial charge is 0.172 e. The van der Waals surface area contributed by atoms with Crippen LogP contribution in [0.5, 0.6) is 11.5 Å². The summed E-state index contributed by atoms with van der Waals surface area (Å²) in [6, 6.07) is 10.2. The summed E-state index contributed by atoms with van der Waals surface area (Å²) < 4.78 is 19.1. The normalized spacial score (nSPS) is 14.4. The largest absolute Gasteiger partial charge is 0.503 e. The van der Waals surface area contributed by atoms with Crippen molar-refractivity contribution in [3.05, 3.63) is 52.3 Å². The van der Waals surface area contributed by atoms with Crippen molar-refractivity contribution in [2.75, 3.05) is 37.7 Å². The van der Waals surface area contributed by atoms with Crippen molar-refractivity contribution in [3.63, 3.8) is 0 Å². The molecule has 26 heavy (non-hydrogen) atoms. The summed E-state index contributed by atoms with van der Waals surface area (Å²) in [6.07, 6.45) is 0. The third-order valence-electron chi connectivity index (χ3n) is 4.33. The lowest BCUT2D eigenvalue weighted by molar-refractivity contribution is 0.317. The van der Waals surface area contributed by atoms with Crippen molar-refractivity contribution in [3.8, 4) is 11.5 Å². The Labute approximate surface area is 166 Å². The van der Waals surface area contributed by atoms with Crippen LogP contribution >= 0.6 is 28.1 Å². The highest BCUT2D eigenvalue weighted by Gasteiger charge is 2.21. The fraction of sp³-hybridized carbons (Fsp3) is 0.316. The van der Waals surface area contributed by atoms with Crippen LogP contribution in [-0.4, -0.2) is 47.8 Å². The van der Waals surface area contributed by atoms with E-state index in [0.717, 1.165) is 42.4 Å². The highest BCUT2D eigenvalue weighted by atomic mass is 79.9. The molecule has 1 saturated heterocycles. The molecule has 0 unspecified atom stereocenters. The van der Waals surface area contributed by atoms with Crippen LogP contribution in [0.4, 0.5) is 10.1 Å². The lowest BCUT2D eigenvalue weighted by Gasteiger charge is -2.37. The maximum atomic E-state index is 13.1. The van der Waals surface area contributed by atoms with Gasteiger partial charge in [0.05, 0.1) is 11.1 Å². The molecular formula is C19H20BrFN2O2S. The number of piperazine rings is 1. The van der Waals surface area contributed by atoms with Gasteiger partial charge in [-0.1, -0.05) is 12.2 Å². The maximum absolute atomic E-state index is 13.1. The number of rotatable bonds is 4. The van der Waals surface area contributed by atoms with Gasteiger partial charge in [-0.3, -0.25) is 0 Å². The molecule has 7 heteroatoms. The molecule has 2 aromatic carbocycles. The first-order chi connectivity index (χ1) is 12.5. The molecule has 4 nitrogen and oxygen atoms in total. The summed E-state index contributed by atoms with van der Waals surface area (Å²) in [7, 11) is 0. The minimum Gasteiger partial charge on any atom is -0.503 e. The van der Waals surface area contributed by atoms with E-state index in [1.807, 2.05) is 13.0 Å². The predicted molar refractivity (Wildman–Crippen MR) is 109 cm³/mol. The Morgan fingerprint density at radius 2 is 1.85 bits per heavy atom. The number of aromatic hydroxyl groups is 1. The van der Waals surface area contributed by atoms with Crippen LogP contribution in [-0.2, 0) is 0 Å². The summed E-state index contributed by atoms with van der Waals surface area (Å²) in [4.78, 5) is 5.09. The molecule has 1 fully saturated rings. The number of halogens is 2. The van der Waals surface area contributed by atoms with E-state index in [4.69, 9.17) is 17.0 Å². The van der Waals surface area contributed by atoms with E-state index in [0.29, 0.717) is 16.8 Å². The van der Waals surface area contributed by atoms with Crippen LogP contribution in [0, 0.1) is 5.82 Å². The summed E-state index contributed by atoms with van der Waals surface area (Å²) in [5.74, 6) is 0.278. The summed E-state index contributed by atoms with van der Waals surface area (Å²) >= 11 is 9.02. The van der Waals surface area contributed by atoms with Gasteiger partial charge in [0.1, 0.15) is 10.8 Å². The first kappa shape index (κ1) is 18.9. The van der Waals surface area contributed by atoms with Crippen molar-refractivity contribution in [1.29, 1.82) is 0 Å². The van der Waals surface area contributed by atoms with Gasteiger partial charge < -0.3 is 19.6 Å². The third-order valence-corrected chi connectivity index (χ3v) is 5.43. The maximum Gasteiger partial charge on any atom is 0.172 e. The average molecular weight is 439 g/mol. The molecule has 3 rings (SSSR count). The van der Waals surface area contributed by atoms with E-state index in [1.54, 1.807) is 18.2 Å². The molecule has 1 heterocycles. The van der Waals surface area contributed by atoms with E-state index >= 15 is 0 Å². The van der Waals surface area contributed by atoms with E-state index in [-0.39, 0.29) is 11.6 Å². The summed E-state index contributed by atoms with van der Waals surface area (Å²) in [5.41, 5.74) is 1.85. The minimum absolute atomic E-state index is 0.0829. The van der Waals surface area contributed by atoms with Gasteiger partial charge in [0.15, 0.2) is 11.5 Å². The number of hydrogen-bond donors (Lipinski definition) is 1. The zero-order valence-electron chi connectivity index (χ0n) is 14.4. The molecule has 138 valence electrons. The van der Waals surface area contributed by atoms with Gasteiger partial charge in [0.25, 0.3) is 0 Å². The molecule has 0 aromatic heterocycles. The van der Waals surface area contributed by atoms with Gasteiger partial charge in [-0.2, -0.15) is 0 Å². The van der Waals surface area contributed by atoms with Crippen LogP contribution in [0.1, 0.15) is 12.5 Å². The second kappa shape index (κ2) is 8.22. The fourth-order valence-electron chi connectivity index (χ4n) is 2.97. The Balaban J connectivity index is 1.69. The molecule has 1 aliphatic heterocycles.